The molecule has 1 N–H and O–H groups in total. The Kier molecular flexibility index (Phi) is 8.69. The summed E-state index contributed by atoms with van der Waals surface area (Å²) in [6, 6.07) is 22.9. The molecule has 0 saturated carbocycles. The van der Waals surface area contributed by atoms with E-state index in [9.17, 15) is 4.79 Å². The van der Waals surface area contributed by atoms with Crippen LogP contribution in [0.15, 0.2) is 78.0 Å². The average molecular weight is 527 g/mol. The summed E-state index contributed by atoms with van der Waals surface area (Å²) in [6.07, 6.45) is 2.14. The van der Waals surface area contributed by atoms with Crippen molar-refractivity contribution in [3.63, 3.8) is 0 Å². The Hall–Kier alpha value is -3.00. The topological polar surface area (TPSA) is 69.0 Å². The van der Waals surface area contributed by atoms with Gasteiger partial charge in [0.15, 0.2) is 11.0 Å². The van der Waals surface area contributed by atoms with E-state index in [1.807, 2.05) is 47.0 Å². The van der Waals surface area contributed by atoms with Crippen LogP contribution in [0.3, 0.4) is 0 Å². The van der Waals surface area contributed by atoms with Gasteiger partial charge in [-0.15, -0.1) is 10.2 Å². The molecule has 0 aliphatic heterocycles. The van der Waals surface area contributed by atoms with E-state index in [1.54, 1.807) is 18.2 Å². The van der Waals surface area contributed by atoms with Crippen molar-refractivity contribution < 1.29 is 9.53 Å². The molecule has 4 rings (SSSR count). The van der Waals surface area contributed by atoms with E-state index in [2.05, 4.69) is 34.6 Å². The lowest BCUT2D eigenvalue weighted by molar-refractivity contribution is -0.113. The van der Waals surface area contributed by atoms with Gasteiger partial charge in [0.05, 0.1) is 21.5 Å². The van der Waals surface area contributed by atoms with Crippen LogP contribution in [0, 0.1) is 0 Å². The second kappa shape index (κ2) is 12.1. The number of para-hydroxylation sites is 1. The fourth-order valence-electron chi connectivity index (χ4n) is 3.43. The molecule has 6 nitrogen and oxygen atoms in total. The first kappa shape index (κ1) is 25.1. The third-order valence-electron chi connectivity index (χ3n) is 5.10. The number of thioether (sulfide) groups is 1. The summed E-state index contributed by atoms with van der Waals surface area (Å²) in [4.78, 5) is 12.6. The van der Waals surface area contributed by atoms with Gasteiger partial charge in [0.2, 0.25) is 5.91 Å². The number of nitrogens with one attached hydrogen (secondary N) is 1. The van der Waals surface area contributed by atoms with Crippen LogP contribution in [0.5, 0.6) is 5.75 Å². The number of hydrogen-bond donors (Lipinski definition) is 1. The number of nitrogens with zero attached hydrogens (tertiary/aromatic N) is 3. The van der Waals surface area contributed by atoms with Crippen LogP contribution >= 0.6 is 35.0 Å². The first-order valence-corrected chi connectivity index (χ1v) is 12.9. The maximum atomic E-state index is 12.6. The summed E-state index contributed by atoms with van der Waals surface area (Å²) in [7, 11) is 0. The van der Waals surface area contributed by atoms with Gasteiger partial charge in [0.25, 0.3) is 0 Å². The smallest absolute Gasteiger partial charge is 0.234 e. The minimum Gasteiger partial charge on any atom is -0.486 e. The van der Waals surface area contributed by atoms with Crippen LogP contribution in [-0.4, -0.2) is 26.4 Å². The zero-order chi connectivity index (χ0) is 24.6. The number of hydrogen-bond acceptors (Lipinski definition) is 5. The molecule has 0 aliphatic rings. The predicted octanol–water partition coefficient (Wildman–Crippen LogP) is 6.84. The van der Waals surface area contributed by atoms with Gasteiger partial charge in [-0.3, -0.25) is 9.36 Å². The minimum absolute atomic E-state index is 0.119. The maximum Gasteiger partial charge on any atom is 0.234 e. The first-order valence-electron chi connectivity index (χ1n) is 11.1. The lowest BCUT2D eigenvalue weighted by Crippen LogP contribution is -2.15. The highest BCUT2D eigenvalue weighted by atomic mass is 35.5. The third-order valence-corrected chi connectivity index (χ3v) is 6.85. The molecule has 0 radical (unpaired) electrons. The SMILES string of the molecule is CCCc1ccc(OCc2nnc(SCC(=O)Nc3cccc(Cl)c3Cl)n2-c2ccccc2)cc1. The molecule has 180 valence electrons. The van der Waals surface area contributed by atoms with Crippen LogP contribution in [0.25, 0.3) is 5.69 Å². The normalized spacial score (nSPS) is 10.8. The molecule has 0 unspecified atom stereocenters. The van der Waals surface area contributed by atoms with Crippen molar-refractivity contribution in [1.29, 1.82) is 0 Å². The first-order chi connectivity index (χ1) is 17.0. The number of aryl methyl sites for hydroxylation is 1. The average Bonchev–Trinajstić information content (AvgIpc) is 3.28. The van der Waals surface area contributed by atoms with Gasteiger partial charge < -0.3 is 10.1 Å². The molecule has 0 spiro atoms. The van der Waals surface area contributed by atoms with Crippen LogP contribution in [0.4, 0.5) is 5.69 Å². The fourth-order valence-corrected chi connectivity index (χ4v) is 4.55. The van der Waals surface area contributed by atoms with Gasteiger partial charge in [0.1, 0.15) is 12.4 Å². The van der Waals surface area contributed by atoms with Gasteiger partial charge in [0, 0.05) is 5.69 Å². The number of halogens is 2. The molecule has 0 bridgehead atoms. The van der Waals surface area contributed by atoms with Crippen LogP contribution in [-0.2, 0) is 17.8 Å². The van der Waals surface area contributed by atoms with Crippen molar-refractivity contribution in [2.45, 2.75) is 31.5 Å². The Bertz CT molecular complexity index is 1280. The Morgan fingerprint density at radius 3 is 2.51 bits per heavy atom. The minimum atomic E-state index is -0.230. The molecule has 0 fully saturated rings. The molecule has 1 aromatic heterocycles. The number of benzene rings is 3. The highest BCUT2D eigenvalue weighted by Gasteiger charge is 2.17. The van der Waals surface area contributed by atoms with E-state index in [0.717, 1.165) is 24.3 Å². The standard InChI is InChI=1S/C26H24Cl2N4O2S/c1-2-7-18-12-14-20(15-13-18)34-16-23-30-31-26(32(23)19-8-4-3-5-9-19)35-17-24(33)29-22-11-6-10-21(27)25(22)28/h3-6,8-15H,2,7,16-17H2,1H3,(H,29,33). The summed E-state index contributed by atoms with van der Waals surface area (Å²) in [5.41, 5.74) is 2.63. The largest absolute Gasteiger partial charge is 0.486 e. The van der Waals surface area contributed by atoms with Crippen molar-refractivity contribution in [2.24, 2.45) is 0 Å². The monoisotopic (exact) mass is 526 g/mol. The Morgan fingerprint density at radius 2 is 1.77 bits per heavy atom. The summed E-state index contributed by atoms with van der Waals surface area (Å²) >= 11 is 13.5. The van der Waals surface area contributed by atoms with Crippen molar-refractivity contribution >= 4 is 46.6 Å². The second-order valence-corrected chi connectivity index (χ2v) is 9.42. The van der Waals surface area contributed by atoms with Gasteiger partial charge in [-0.25, -0.2) is 0 Å². The number of carbonyl (C=O) groups excluding carboxylic acids is 1. The number of carbonyl (C=O) groups is 1. The zero-order valence-corrected chi connectivity index (χ0v) is 21.4. The number of rotatable bonds is 10. The summed E-state index contributed by atoms with van der Waals surface area (Å²) in [5, 5.41) is 12.7. The van der Waals surface area contributed by atoms with E-state index in [-0.39, 0.29) is 18.3 Å². The fraction of sp³-hybridized carbons (Fsp3) is 0.192. The van der Waals surface area contributed by atoms with Crippen LogP contribution in [0.1, 0.15) is 24.7 Å². The number of ether oxygens (including phenoxy) is 1. The summed E-state index contributed by atoms with van der Waals surface area (Å²) in [6.45, 7) is 2.40. The van der Waals surface area contributed by atoms with Gasteiger partial charge >= 0.3 is 0 Å². The second-order valence-electron chi connectivity index (χ2n) is 7.69. The van der Waals surface area contributed by atoms with E-state index in [0.29, 0.717) is 26.7 Å². The van der Waals surface area contributed by atoms with Crippen LogP contribution in [0.2, 0.25) is 10.0 Å². The Morgan fingerprint density at radius 1 is 1.00 bits per heavy atom. The Labute approximate surface area is 218 Å². The van der Waals surface area contributed by atoms with Crippen molar-refractivity contribution in [1.82, 2.24) is 14.8 Å². The third kappa shape index (κ3) is 6.57. The summed E-state index contributed by atoms with van der Waals surface area (Å²) < 4.78 is 7.89. The van der Waals surface area contributed by atoms with Crippen LogP contribution < -0.4 is 10.1 Å². The number of anilines is 1. The van der Waals surface area contributed by atoms with Gasteiger partial charge in [-0.2, -0.15) is 0 Å². The van der Waals surface area contributed by atoms with Crippen molar-refractivity contribution in [2.75, 3.05) is 11.1 Å². The summed E-state index contributed by atoms with van der Waals surface area (Å²) in [5.74, 6) is 1.29. The van der Waals surface area contributed by atoms with E-state index >= 15 is 0 Å². The Balaban J connectivity index is 1.47. The number of amides is 1. The molecular formula is C26H24Cl2N4O2S. The molecule has 0 saturated heterocycles. The maximum absolute atomic E-state index is 12.6. The molecule has 9 heteroatoms. The van der Waals surface area contributed by atoms with E-state index in [1.165, 1.54) is 17.3 Å². The zero-order valence-electron chi connectivity index (χ0n) is 19.1. The highest BCUT2D eigenvalue weighted by Crippen LogP contribution is 2.30. The molecule has 1 heterocycles. The molecular weight excluding hydrogens is 503 g/mol. The van der Waals surface area contributed by atoms with E-state index in [4.69, 9.17) is 27.9 Å². The van der Waals surface area contributed by atoms with Gasteiger partial charge in [-0.05, 0) is 48.4 Å². The molecule has 1 amide bonds. The quantitative estimate of drug-likeness (QED) is 0.229. The van der Waals surface area contributed by atoms with Gasteiger partial charge in [-0.1, -0.05) is 84.7 Å². The van der Waals surface area contributed by atoms with E-state index < -0.39 is 0 Å². The molecule has 3 aromatic carbocycles. The lowest BCUT2D eigenvalue weighted by atomic mass is 10.1. The van der Waals surface area contributed by atoms with Crippen molar-refractivity contribution in [3.8, 4) is 11.4 Å². The molecule has 0 atom stereocenters. The molecule has 35 heavy (non-hydrogen) atoms. The predicted molar refractivity (Wildman–Crippen MR) is 142 cm³/mol. The molecule has 4 aromatic rings. The van der Waals surface area contributed by atoms with Crippen molar-refractivity contribution in [3.05, 3.63) is 94.2 Å². The number of aromatic nitrogens is 3. The highest BCUT2D eigenvalue weighted by molar-refractivity contribution is 7.99. The molecule has 0 aliphatic carbocycles. The lowest BCUT2D eigenvalue weighted by Gasteiger charge is -2.12.